The average molecular weight is 204 g/mol. The van der Waals surface area contributed by atoms with Gasteiger partial charge in [-0.2, -0.15) is 13.6 Å². The Morgan fingerprint density at radius 2 is 2.23 bits per heavy atom. The highest BCUT2D eigenvalue weighted by Gasteiger charge is 2.06. The lowest BCUT2D eigenvalue weighted by molar-refractivity contribution is 0.409. The number of aromatic nitrogens is 1. The third kappa shape index (κ3) is 3.26. The Kier molecular flexibility index (Phi) is 2.69. The fourth-order valence-electron chi connectivity index (χ4n) is 0.683. The molecule has 6 nitrogen and oxygen atoms in total. The second-order valence-corrected chi connectivity index (χ2v) is 3.26. The van der Waals surface area contributed by atoms with Gasteiger partial charge in [0.1, 0.15) is 5.75 Å². The molecule has 0 aliphatic rings. The molecular formula is C6H8N2O4S. The number of hydrogen-bond donors (Lipinski definition) is 1. The molecule has 72 valence electrons. The van der Waals surface area contributed by atoms with Crippen LogP contribution in [0.3, 0.4) is 0 Å². The van der Waals surface area contributed by atoms with Gasteiger partial charge in [-0.05, 0) is 6.07 Å². The number of pyridine rings is 1. The van der Waals surface area contributed by atoms with Crippen molar-refractivity contribution in [2.45, 2.75) is 0 Å². The fraction of sp³-hybridized carbons (Fsp3) is 0.167. The van der Waals surface area contributed by atoms with E-state index in [-0.39, 0.29) is 5.88 Å². The minimum Gasteiger partial charge on any atom is -0.497 e. The maximum Gasteiger partial charge on any atom is 0.381 e. The van der Waals surface area contributed by atoms with Crippen molar-refractivity contribution in [3.63, 3.8) is 0 Å². The molecule has 0 spiro atoms. The SMILES string of the molecule is COc1ccnc(OS(N)(=O)=O)c1. The van der Waals surface area contributed by atoms with Crippen LogP contribution >= 0.6 is 0 Å². The summed E-state index contributed by atoms with van der Waals surface area (Å²) in [6, 6.07) is 2.86. The molecule has 1 heterocycles. The van der Waals surface area contributed by atoms with Gasteiger partial charge in [-0.25, -0.2) is 4.98 Å². The van der Waals surface area contributed by atoms with Crippen LogP contribution in [0, 0.1) is 0 Å². The Morgan fingerprint density at radius 1 is 1.54 bits per heavy atom. The van der Waals surface area contributed by atoms with E-state index in [0.717, 1.165) is 0 Å². The van der Waals surface area contributed by atoms with Crippen LogP contribution in [0.4, 0.5) is 0 Å². The molecule has 0 aliphatic heterocycles. The summed E-state index contributed by atoms with van der Waals surface area (Å²) in [6.07, 6.45) is 1.35. The first-order chi connectivity index (χ1) is 6.01. The second kappa shape index (κ2) is 3.58. The van der Waals surface area contributed by atoms with Crippen molar-refractivity contribution in [1.82, 2.24) is 4.98 Å². The molecule has 1 aromatic heterocycles. The average Bonchev–Trinajstić information content (AvgIpc) is 2.01. The lowest BCUT2D eigenvalue weighted by Crippen LogP contribution is -2.19. The number of hydrogen-bond acceptors (Lipinski definition) is 5. The van der Waals surface area contributed by atoms with Crippen molar-refractivity contribution >= 4 is 10.3 Å². The fourth-order valence-corrected chi connectivity index (χ4v) is 1.01. The molecule has 0 bridgehead atoms. The van der Waals surface area contributed by atoms with E-state index in [0.29, 0.717) is 5.75 Å². The summed E-state index contributed by atoms with van der Waals surface area (Å²) in [5.41, 5.74) is 0. The maximum absolute atomic E-state index is 10.5. The Balaban J connectivity index is 2.90. The molecular weight excluding hydrogens is 196 g/mol. The first-order valence-electron chi connectivity index (χ1n) is 3.23. The number of ether oxygens (including phenoxy) is 1. The van der Waals surface area contributed by atoms with Gasteiger partial charge in [-0.1, -0.05) is 0 Å². The van der Waals surface area contributed by atoms with Crippen LogP contribution in [0.1, 0.15) is 0 Å². The summed E-state index contributed by atoms with van der Waals surface area (Å²) in [6.45, 7) is 0. The predicted octanol–water partition coefficient (Wildman–Crippen LogP) is -0.327. The van der Waals surface area contributed by atoms with Crippen molar-refractivity contribution in [3.05, 3.63) is 18.3 Å². The minimum atomic E-state index is -4.02. The van der Waals surface area contributed by atoms with Gasteiger partial charge in [0.05, 0.1) is 7.11 Å². The van der Waals surface area contributed by atoms with Crippen molar-refractivity contribution < 1.29 is 17.3 Å². The molecule has 0 saturated carbocycles. The standard InChI is InChI=1S/C6H8N2O4S/c1-11-5-2-3-8-6(4-5)12-13(7,9)10/h2-4H,1H3,(H2,7,9,10). The van der Waals surface area contributed by atoms with E-state index in [1.165, 1.54) is 19.4 Å². The van der Waals surface area contributed by atoms with Crippen molar-refractivity contribution in [3.8, 4) is 11.6 Å². The van der Waals surface area contributed by atoms with Crippen LogP contribution in [-0.4, -0.2) is 20.5 Å². The minimum absolute atomic E-state index is 0.123. The number of nitrogens with zero attached hydrogens (tertiary/aromatic N) is 1. The van der Waals surface area contributed by atoms with Crippen LogP contribution in [0.2, 0.25) is 0 Å². The maximum atomic E-state index is 10.5. The van der Waals surface area contributed by atoms with Crippen LogP contribution in [0.5, 0.6) is 11.6 Å². The third-order valence-corrected chi connectivity index (χ3v) is 1.55. The highest BCUT2D eigenvalue weighted by Crippen LogP contribution is 2.15. The molecule has 7 heteroatoms. The van der Waals surface area contributed by atoms with Gasteiger partial charge < -0.3 is 8.92 Å². The number of nitrogens with two attached hydrogens (primary N) is 1. The summed E-state index contributed by atoms with van der Waals surface area (Å²) in [5.74, 6) is 0.315. The van der Waals surface area contributed by atoms with E-state index in [4.69, 9.17) is 4.74 Å². The summed E-state index contributed by atoms with van der Waals surface area (Å²) in [4.78, 5) is 3.61. The molecule has 0 aromatic carbocycles. The van der Waals surface area contributed by atoms with Crippen molar-refractivity contribution in [1.29, 1.82) is 0 Å². The van der Waals surface area contributed by atoms with Crippen LogP contribution in [0.15, 0.2) is 18.3 Å². The molecule has 2 N–H and O–H groups in total. The lowest BCUT2D eigenvalue weighted by atomic mass is 10.4. The third-order valence-electron chi connectivity index (χ3n) is 1.14. The van der Waals surface area contributed by atoms with E-state index in [1.807, 2.05) is 0 Å². The number of methoxy groups -OCH3 is 1. The van der Waals surface area contributed by atoms with Gasteiger partial charge in [0.2, 0.25) is 5.88 Å². The van der Waals surface area contributed by atoms with Crippen molar-refractivity contribution in [2.75, 3.05) is 7.11 Å². The van der Waals surface area contributed by atoms with Gasteiger partial charge in [-0.15, -0.1) is 0 Å². The van der Waals surface area contributed by atoms with Crippen LogP contribution in [-0.2, 0) is 10.3 Å². The first-order valence-corrected chi connectivity index (χ1v) is 4.70. The number of rotatable bonds is 3. The summed E-state index contributed by atoms with van der Waals surface area (Å²) in [5, 5.41) is 4.63. The zero-order chi connectivity index (χ0) is 9.90. The van der Waals surface area contributed by atoms with E-state index >= 15 is 0 Å². The Bertz CT molecular complexity index is 389. The molecule has 0 atom stereocenters. The summed E-state index contributed by atoms with van der Waals surface area (Å²) in [7, 11) is -2.58. The molecule has 1 rings (SSSR count). The molecule has 13 heavy (non-hydrogen) atoms. The molecule has 0 fully saturated rings. The first kappa shape index (κ1) is 9.75. The van der Waals surface area contributed by atoms with Crippen LogP contribution in [0.25, 0.3) is 0 Å². The molecule has 0 aliphatic carbocycles. The zero-order valence-electron chi connectivity index (χ0n) is 6.80. The van der Waals surface area contributed by atoms with Gasteiger partial charge >= 0.3 is 10.3 Å². The van der Waals surface area contributed by atoms with Crippen LogP contribution < -0.4 is 14.1 Å². The molecule has 0 amide bonds. The smallest absolute Gasteiger partial charge is 0.381 e. The summed E-state index contributed by atoms with van der Waals surface area (Å²) >= 11 is 0. The highest BCUT2D eigenvalue weighted by molar-refractivity contribution is 7.84. The Morgan fingerprint density at radius 3 is 2.77 bits per heavy atom. The predicted molar refractivity (Wildman–Crippen MR) is 44.5 cm³/mol. The van der Waals surface area contributed by atoms with E-state index in [1.54, 1.807) is 6.07 Å². The van der Waals surface area contributed by atoms with Gasteiger partial charge in [0.25, 0.3) is 0 Å². The molecule has 0 radical (unpaired) electrons. The quantitative estimate of drug-likeness (QED) is 0.728. The van der Waals surface area contributed by atoms with E-state index in [2.05, 4.69) is 14.3 Å². The zero-order valence-corrected chi connectivity index (χ0v) is 7.61. The highest BCUT2D eigenvalue weighted by atomic mass is 32.2. The lowest BCUT2D eigenvalue weighted by Gasteiger charge is -2.02. The van der Waals surface area contributed by atoms with Gasteiger partial charge in [0.15, 0.2) is 0 Å². The largest absolute Gasteiger partial charge is 0.497 e. The second-order valence-electron chi connectivity index (χ2n) is 2.11. The van der Waals surface area contributed by atoms with E-state index in [9.17, 15) is 8.42 Å². The monoisotopic (exact) mass is 204 g/mol. The summed E-state index contributed by atoms with van der Waals surface area (Å²) < 4.78 is 30.1. The van der Waals surface area contributed by atoms with Crippen molar-refractivity contribution in [2.24, 2.45) is 5.14 Å². The normalized spacial score (nSPS) is 10.9. The molecule has 0 unspecified atom stereocenters. The topological polar surface area (TPSA) is 91.5 Å². The Hall–Kier alpha value is -1.34. The molecule has 1 aromatic rings. The molecule has 0 saturated heterocycles. The van der Waals surface area contributed by atoms with Gasteiger partial charge in [0, 0.05) is 12.3 Å². The van der Waals surface area contributed by atoms with E-state index < -0.39 is 10.3 Å². The van der Waals surface area contributed by atoms with Gasteiger partial charge in [-0.3, -0.25) is 0 Å². The Labute approximate surface area is 75.6 Å².